The summed E-state index contributed by atoms with van der Waals surface area (Å²) in [7, 11) is -3.04. The van der Waals surface area contributed by atoms with Crippen molar-refractivity contribution in [3.8, 4) is 0 Å². The molecule has 4 rings (SSSR count). The Labute approximate surface area is 145 Å². The molecular weight excluding hydrogens is 348 g/mol. The number of carbonyl (C=O) groups excluding carboxylic acids is 1. The molecule has 0 unspecified atom stereocenters. The second kappa shape index (κ2) is 6.16. The topological polar surface area (TPSA) is 76.0 Å². The molecule has 1 aromatic carbocycles. The van der Waals surface area contributed by atoms with Gasteiger partial charge in [-0.05, 0) is 25.0 Å². The Morgan fingerprint density at radius 2 is 2.04 bits per heavy atom. The van der Waals surface area contributed by atoms with Gasteiger partial charge in [0, 0.05) is 17.5 Å². The minimum atomic E-state index is -3.04. The van der Waals surface area contributed by atoms with Gasteiger partial charge in [-0.15, -0.1) is 0 Å². The van der Waals surface area contributed by atoms with E-state index in [1.807, 2.05) is 35.2 Å². The van der Waals surface area contributed by atoms with E-state index in [4.69, 9.17) is 4.74 Å². The lowest BCUT2D eigenvalue weighted by atomic mass is 10.2. The van der Waals surface area contributed by atoms with Gasteiger partial charge in [-0.2, -0.15) is 4.99 Å². The van der Waals surface area contributed by atoms with E-state index in [0.717, 1.165) is 12.1 Å². The first-order valence-corrected chi connectivity index (χ1v) is 10.7. The van der Waals surface area contributed by atoms with Crippen LogP contribution in [0.2, 0.25) is 0 Å². The van der Waals surface area contributed by atoms with Gasteiger partial charge in [0.15, 0.2) is 15.0 Å². The molecule has 6 nitrogen and oxygen atoms in total. The maximum absolute atomic E-state index is 12.4. The van der Waals surface area contributed by atoms with Crippen molar-refractivity contribution < 1.29 is 17.9 Å². The van der Waals surface area contributed by atoms with Gasteiger partial charge in [0.25, 0.3) is 5.91 Å². The smallest absolute Gasteiger partial charge is 0.277 e. The number of sulfone groups is 1. The lowest BCUT2D eigenvalue weighted by Gasteiger charge is -2.24. The third-order valence-electron chi connectivity index (χ3n) is 4.51. The Hall–Kier alpha value is -1.38. The van der Waals surface area contributed by atoms with Crippen LogP contribution in [-0.2, 0) is 19.4 Å². The summed E-state index contributed by atoms with van der Waals surface area (Å²) < 4.78 is 29.4. The Bertz CT molecular complexity index is 773. The Kier molecular flexibility index (Phi) is 4.14. The highest BCUT2D eigenvalue weighted by Gasteiger charge is 2.49. The fourth-order valence-electron chi connectivity index (χ4n) is 3.39. The molecule has 0 aromatic heterocycles. The SMILES string of the molecule is O=C(N=C1S[C@H]2CS(=O)(=O)C[C@@H]2N1c1ccccc1)[C@@H]1CCCO1. The second-order valence-corrected chi connectivity index (χ2v) is 9.60. The summed E-state index contributed by atoms with van der Waals surface area (Å²) in [6.07, 6.45) is 1.12. The van der Waals surface area contributed by atoms with Crippen molar-refractivity contribution in [2.75, 3.05) is 23.0 Å². The first-order valence-electron chi connectivity index (χ1n) is 7.99. The van der Waals surface area contributed by atoms with Crippen molar-refractivity contribution in [2.45, 2.75) is 30.2 Å². The molecule has 0 aliphatic carbocycles. The van der Waals surface area contributed by atoms with Crippen molar-refractivity contribution in [3.05, 3.63) is 30.3 Å². The summed E-state index contributed by atoms with van der Waals surface area (Å²) in [6.45, 7) is 0.598. The van der Waals surface area contributed by atoms with E-state index in [-0.39, 0.29) is 28.7 Å². The summed E-state index contributed by atoms with van der Waals surface area (Å²) in [5, 5.41) is 0.512. The third kappa shape index (κ3) is 2.98. The minimum Gasteiger partial charge on any atom is -0.368 e. The van der Waals surface area contributed by atoms with E-state index < -0.39 is 15.9 Å². The molecule has 0 bridgehead atoms. The Morgan fingerprint density at radius 1 is 1.25 bits per heavy atom. The maximum atomic E-state index is 12.4. The van der Waals surface area contributed by atoms with Crippen LogP contribution in [0, 0.1) is 0 Å². The number of para-hydroxylation sites is 1. The molecule has 0 radical (unpaired) electrons. The summed E-state index contributed by atoms with van der Waals surface area (Å²) in [4.78, 5) is 18.6. The van der Waals surface area contributed by atoms with Gasteiger partial charge in [0.1, 0.15) is 6.10 Å². The number of amides is 1. The molecule has 0 N–H and O–H groups in total. The number of hydrogen-bond acceptors (Lipinski definition) is 5. The van der Waals surface area contributed by atoms with E-state index in [1.165, 1.54) is 11.8 Å². The van der Waals surface area contributed by atoms with Gasteiger partial charge in [-0.25, -0.2) is 8.42 Å². The standard InChI is InChI=1S/C16H18N2O4S2/c19-15(13-7-4-8-22-13)17-16-18(11-5-2-1-3-6-11)12-9-24(20,21)10-14(12)23-16/h1-3,5-6,12-14H,4,7-10H2/t12-,13-,14-/m0/s1. The summed E-state index contributed by atoms with van der Waals surface area (Å²) in [6, 6.07) is 9.37. The normalized spacial score (nSPS) is 33.1. The molecule has 3 aliphatic heterocycles. The zero-order valence-electron chi connectivity index (χ0n) is 13.0. The average molecular weight is 366 g/mol. The van der Waals surface area contributed by atoms with Gasteiger partial charge in [0.2, 0.25) is 0 Å². The van der Waals surface area contributed by atoms with Gasteiger partial charge < -0.3 is 9.64 Å². The highest BCUT2D eigenvalue weighted by Crippen LogP contribution is 2.41. The monoisotopic (exact) mass is 366 g/mol. The number of ether oxygens (including phenoxy) is 1. The van der Waals surface area contributed by atoms with Crippen molar-refractivity contribution in [3.63, 3.8) is 0 Å². The number of amidine groups is 1. The number of benzene rings is 1. The third-order valence-corrected chi connectivity index (χ3v) is 7.72. The number of anilines is 1. The van der Waals surface area contributed by atoms with Crippen LogP contribution in [-0.4, -0.2) is 55.0 Å². The number of fused-ring (bicyclic) bond motifs is 1. The molecule has 24 heavy (non-hydrogen) atoms. The van der Waals surface area contributed by atoms with E-state index in [0.29, 0.717) is 18.2 Å². The Morgan fingerprint density at radius 3 is 2.75 bits per heavy atom. The highest BCUT2D eigenvalue weighted by atomic mass is 32.2. The van der Waals surface area contributed by atoms with Crippen molar-refractivity contribution in [1.29, 1.82) is 0 Å². The van der Waals surface area contributed by atoms with Crippen molar-refractivity contribution in [1.82, 2.24) is 0 Å². The second-order valence-electron chi connectivity index (χ2n) is 6.24. The predicted molar refractivity (Wildman–Crippen MR) is 94.2 cm³/mol. The molecule has 1 amide bonds. The van der Waals surface area contributed by atoms with E-state index in [9.17, 15) is 13.2 Å². The lowest BCUT2D eigenvalue weighted by molar-refractivity contribution is -0.126. The van der Waals surface area contributed by atoms with Gasteiger partial charge in [0.05, 0.1) is 17.5 Å². The number of thioether (sulfide) groups is 1. The van der Waals surface area contributed by atoms with Crippen LogP contribution in [0.4, 0.5) is 5.69 Å². The highest BCUT2D eigenvalue weighted by molar-refractivity contribution is 8.16. The van der Waals surface area contributed by atoms with E-state index >= 15 is 0 Å². The molecule has 3 heterocycles. The fraction of sp³-hybridized carbons (Fsp3) is 0.500. The van der Waals surface area contributed by atoms with Crippen LogP contribution >= 0.6 is 11.8 Å². The molecule has 3 aliphatic rings. The summed E-state index contributed by atoms with van der Waals surface area (Å²) in [5.41, 5.74) is 0.869. The van der Waals surface area contributed by atoms with E-state index in [2.05, 4.69) is 4.99 Å². The Balaban J connectivity index is 1.67. The summed E-state index contributed by atoms with van der Waals surface area (Å²) >= 11 is 1.39. The van der Waals surface area contributed by atoms with Crippen LogP contribution in [0.25, 0.3) is 0 Å². The van der Waals surface area contributed by atoms with Gasteiger partial charge in [-0.1, -0.05) is 30.0 Å². The molecule has 128 valence electrons. The molecule has 3 fully saturated rings. The number of carbonyl (C=O) groups is 1. The molecule has 0 spiro atoms. The first-order chi connectivity index (χ1) is 11.5. The average Bonchev–Trinajstić information content (AvgIpc) is 3.22. The minimum absolute atomic E-state index is 0.0775. The fourth-order valence-corrected chi connectivity index (χ4v) is 7.31. The van der Waals surface area contributed by atoms with Gasteiger partial charge >= 0.3 is 0 Å². The van der Waals surface area contributed by atoms with Crippen LogP contribution < -0.4 is 4.90 Å². The molecular formula is C16H18N2O4S2. The molecule has 1 aromatic rings. The largest absolute Gasteiger partial charge is 0.368 e. The van der Waals surface area contributed by atoms with Crippen molar-refractivity contribution in [2.24, 2.45) is 4.99 Å². The van der Waals surface area contributed by atoms with Crippen LogP contribution in [0.3, 0.4) is 0 Å². The van der Waals surface area contributed by atoms with Gasteiger partial charge in [-0.3, -0.25) is 4.79 Å². The van der Waals surface area contributed by atoms with Crippen molar-refractivity contribution >= 4 is 38.4 Å². The molecule has 8 heteroatoms. The molecule has 0 saturated carbocycles. The number of aliphatic imine (C=N–C) groups is 1. The summed E-state index contributed by atoms with van der Waals surface area (Å²) in [5.74, 6) is -0.0235. The number of nitrogens with zero attached hydrogens (tertiary/aromatic N) is 2. The zero-order chi connectivity index (χ0) is 16.7. The number of rotatable bonds is 2. The van der Waals surface area contributed by atoms with Crippen LogP contribution in [0.15, 0.2) is 35.3 Å². The quantitative estimate of drug-likeness (QED) is 0.789. The molecule has 3 atom stereocenters. The molecule has 3 saturated heterocycles. The maximum Gasteiger partial charge on any atom is 0.277 e. The first kappa shape index (κ1) is 16.1. The predicted octanol–water partition coefficient (Wildman–Crippen LogP) is 1.47. The number of hydrogen-bond donors (Lipinski definition) is 0. The zero-order valence-corrected chi connectivity index (χ0v) is 14.6. The van der Waals surface area contributed by atoms with E-state index in [1.54, 1.807) is 0 Å². The van der Waals surface area contributed by atoms with Crippen LogP contribution in [0.1, 0.15) is 12.8 Å². The lowest BCUT2D eigenvalue weighted by Crippen LogP contribution is -2.38. The van der Waals surface area contributed by atoms with Crippen LogP contribution in [0.5, 0.6) is 0 Å².